The van der Waals surface area contributed by atoms with Crippen molar-refractivity contribution in [3.8, 4) is 11.5 Å². The SMILES string of the molecule is Cc1nccn1CC(O)c1ccc2c(c1)OCCCO2. The number of aryl methyl sites for hydroxylation is 1. The molecule has 3 rings (SSSR count). The van der Waals surface area contributed by atoms with E-state index in [1.165, 1.54) is 0 Å². The molecular weight excluding hydrogens is 256 g/mol. The average molecular weight is 274 g/mol. The van der Waals surface area contributed by atoms with E-state index in [-0.39, 0.29) is 0 Å². The van der Waals surface area contributed by atoms with Crippen LogP contribution < -0.4 is 9.47 Å². The van der Waals surface area contributed by atoms with Crippen molar-refractivity contribution in [2.75, 3.05) is 13.2 Å². The summed E-state index contributed by atoms with van der Waals surface area (Å²) >= 11 is 0. The largest absolute Gasteiger partial charge is 0.490 e. The number of hydrogen-bond acceptors (Lipinski definition) is 4. The lowest BCUT2D eigenvalue weighted by Crippen LogP contribution is -2.09. The minimum Gasteiger partial charge on any atom is -0.490 e. The summed E-state index contributed by atoms with van der Waals surface area (Å²) in [7, 11) is 0. The average Bonchev–Trinajstić information content (AvgIpc) is 2.73. The van der Waals surface area contributed by atoms with E-state index in [2.05, 4.69) is 4.98 Å². The first kappa shape index (κ1) is 13.0. The van der Waals surface area contributed by atoms with Crippen molar-refractivity contribution in [2.45, 2.75) is 26.0 Å². The number of aromatic nitrogens is 2. The van der Waals surface area contributed by atoms with Crippen LogP contribution in [0.5, 0.6) is 11.5 Å². The summed E-state index contributed by atoms with van der Waals surface area (Å²) in [6.45, 7) is 3.71. The molecule has 2 aromatic rings. The van der Waals surface area contributed by atoms with Gasteiger partial charge in [-0.3, -0.25) is 0 Å². The zero-order chi connectivity index (χ0) is 13.9. The maximum absolute atomic E-state index is 10.3. The van der Waals surface area contributed by atoms with Crippen LogP contribution in [-0.2, 0) is 6.54 Å². The summed E-state index contributed by atoms with van der Waals surface area (Å²) in [6, 6.07) is 5.60. The molecular formula is C15H18N2O3. The molecule has 1 aromatic carbocycles. The molecule has 1 aliphatic rings. The van der Waals surface area contributed by atoms with Crippen molar-refractivity contribution in [2.24, 2.45) is 0 Å². The van der Waals surface area contributed by atoms with Crippen LogP contribution >= 0.6 is 0 Å². The summed E-state index contributed by atoms with van der Waals surface area (Å²) in [5, 5.41) is 10.3. The van der Waals surface area contributed by atoms with Crippen LogP contribution in [0, 0.1) is 6.92 Å². The molecule has 20 heavy (non-hydrogen) atoms. The van der Waals surface area contributed by atoms with Crippen LogP contribution in [0.1, 0.15) is 23.9 Å². The molecule has 1 atom stereocenters. The standard InChI is InChI=1S/C15H18N2O3/c1-11-16-5-6-17(11)10-13(18)12-3-4-14-15(9-12)20-8-2-7-19-14/h3-6,9,13,18H,2,7-8,10H2,1H3. The van der Waals surface area contributed by atoms with Gasteiger partial charge < -0.3 is 19.1 Å². The normalized spacial score (nSPS) is 15.7. The Morgan fingerprint density at radius 3 is 2.85 bits per heavy atom. The van der Waals surface area contributed by atoms with Gasteiger partial charge in [0.2, 0.25) is 0 Å². The third-order valence-electron chi connectivity index (χ3n) is 3.45. The van der Waals surface area contributed by atoms with E-state index in [9.17, 15) is 5.11 Å². The van der Waals surface area contributed by atoms with E-state index in [1.54, 1.807) is 6.20 Å². The lowest BCUT2D eigenvalue weighted by molar-refractivity contribution is 0.155. The molecule has 0 aliphatic carbocycles. The van der Waals surface area contributed by atoms with Crippen molar-refractivity contribution in [1.82, 2.24) is 9.55 Å². The van der Waals surface area contributed by atoms with E-state index in [0.29, 0.717) is 25.5 Å². The van der Waals surface area contributed by atoms with Gasteiger partial charge in [-0.1, -0.05) is 6.07 Å². The highest BCUT2D eigenvalue weighted by molar-refractivity contribution is 5.44. The van der Waals surface area contributed by atoms with Gasteiger partial charge in [0.15, 0.2) is 11.5 Å². The Bertz CT molecular complexity index is 595. The van der Waals surface area contributed by atoms with E-state index in [4.69, 9.17) is 9.47 Å². The third-order valence-corrected chi connectivity index (χ3v) is 3.45. The molecule has 5 nitrogen and oxygen atoms in total. The van der Waals surface area contributed by atoms with Gasteiger partial charge in [-0.2, -0.15) is 0 Å². The number of imidazole rings is 1. The van der Waals surface area contributed by atoms with Gasteiger partial charge in [0.05, 0.1) is 25.9 Å². The number of hydrogen-bond donors (Lipinski definition) is 1. The summed E-state index contributed by atoms with van der Waals surface area (Å²) < 4.78 is 13.2. The van der Waals surface area contributed by atoms with Gasteiger partial charge in [-0.15, -0.1) is 0 Å². The fourth-order valence-corrected chi connectivity index (χ4v) is 2.28. The number of rotatable bonds is 3. The Hall–Kier alpha value is -2.01. The summed E-state index contributed by atoms with van der Waals surface area (Å²) in [5.74, 6) is 2.34. The maximum atomic E-state index is 10.3. The molecule has 2 heterocycles. The van der Waals surface area contributed by atoms with Gasteiger partial charge >= 0.3 is 0 Å². The van der Waals surface area contributed by atoms with Crippen LogP contribution in [0.2, 0.25) is 0 Å². The first-order valence-electron chi connectivity index (χ1n) is 6.79. The zero-order valence-corrected chi connectivity index (χ0v) is 11.5. The molecule has 5 heteroatoms. The monoisotopic (exact) mass is 274 g/mol. The molecule has 1 aromatic heterocycles. The van der Waals surface area contributed by atoms with Crippen LogP contribution in [0.3, 0.4) is 0 Å². The maximum Gasteiger partial charge on any atom is 0.161 e. The Balaban J connectivity index is 1.80. The molecule has 0 saturated heterocycles. The van der Waals surface area contributed by atoms with E-state index >= 15 is 0 Å². The van der Waals surface area contributed by atoms with Crippen LogP contribution in [-0.4, -0.2) is 27.9 Å². The second kappa shape index (κ2) is 5.54. The highest BCUT2D eigenvalue weighted by atomic mass is 16.5. The quantitative estimate of drug-likeness (QED) is 0.931. The molecule has 0 fully saturated rings. The summed E-state index contributed by atoms with van der Waals surface area (Å²) in [4.78, 5) is 4.15. The van der Waals surface area contributed by atoms with Crippen molar-refractivity contribution in [3.63, 3.8) is 0 Å². The van der Waals surface area contributed by atoms with E-state index < -0.39 is 6.10 Å². The molecule has 0 radical (unpaired) electrons. The van der Waals surface area contributed by atoms with Crippen LogP contribution in [0.25, 0.3) is 0 Å². The topological polar surface area (TPSA) is 56.5 Å². The van der Waals surface area contributed by atoms with Gasteiger partial charge in [0, 0.05) is 18.8 Å². The number of aliphatic hydroxyl groups excluding tert-OH is 1. The molecule has 0 bridgehead atoms. The van der Waals surface area contributed by atoms with Gasteiger partial charge in [-0.25, -0.2) is 4.98 Å². The van der Waals surface area contributed by atoms with E-state index in [0.717, 1.165) is 23.6 Å². The second-order valence-electron chi connectivity index (χ2n) is 4.90. The number of fused-ring (bicyclic) bond motifs is 1. The fraction of sp³-hybridized carbons (Fsp3) is 0.400. The first-order valence-corrected chi connectivity index (χ1v) is 6.79. The molecule has 1 unspecified atom stereocenters. The molecule has 0 spiro atoms. The minimum absolute atomic E-state index is 0.478. The minimum atomic E-state index is -0.597. The Labute approximate surface area is 117 Å². The van der Waals surface area contributed by atoms with Crippen molar-refractivity contribution in [1.29, 1.82) is 0 Å². The first-order chi connectivity index (χ1) is 9.74. The third kappa shape index (κ3) is 2.63. The van der Waals surface area contributed by atoms with Gasteiger partial charge in [0.1, 0.15) is 5.82 Å². The highest BCUT2D eigenvalue weighted by Crippen LogP contribution is 2.32. The van der Waals surface area contributed by atoms with Crippen molar-refractivity contribution < 1.29 is 14.6 Å². The smallest absolute Gasteiger partial charge is 0.161 e. The van der Waals surface area contributed by atoms with Gasteiger partial charge in [0.25, 0.3) is 0 Å². The van der Waals surface area contributed by atoms with Crippen LogP contribution in [0.15, 0.2) is 30.6 Å². The lowest BCUT2D eigenvalue weighted by atomic mass is 10.1. The van der Waals surface area contributed by atoms with E-state index in [1.807, 2.05) is 35.9 Å². The number of benzene rings is 1. The molecule has 1 aliphatic heterocycles. The second-order valence-corrected chi connectivity index (χ2v) is 4.90. The Morgan fingerprint density at radius 1 is 1.30 bits per heavy atom. The van der Waals surface area contributed by atoms with Crippen molar-refractivity contribution in [3.05, 3.63) is 42.0 Å². The van der Waals surface area contributed by atoms with Crippen molar-refractivity contribution >= 4 is 0 Å². The molecule has 0 amide bonds. The summed E-state index contributed by atoms with van der Waals surface area (Å²) in [5.41, 5.74) is 0.822. The Morgan fingerprint density at radius 2 is 2.10 bits per heavy atom. The highest BCUT2D eigenvalue weighted by Gasteiger charge is 2.15. The molecule has 106 valence electrons. The summed E-state index contributed by atoms with van der Waals surface area (Å²) in [6.07, 6.45) is 3.87. The predicted molar refractivity (Wildman–Crippen MR) is 74.0 cm³/mol. The predicted octanol–water partition coefficient (Wildman–Crippen LogP) is 2.09. The molecule has 0 saturated carbocycles. The number of ether oxygens (including phenoxy) is 2. The van der Waals surface area contributed by atoms with Gasteiger partial charge in [-0.05, 0) is 24.6 Å². The Kier molecular flexibility index (Phi) is 3.60. The lowest BCUT2D eigenvalue weighted by Gasteiger charge is -2.15. The zero-order valence-electron chi connectivity index (χ0n) is 11.5. The molecule has 1 N–H and O–H groups in total. The number of nitrogens with zero attached hydrogens (tertiary/aromatic N) is 2. The number of aliphatic hydroxyl groups is 1. The fourth-order valence-electron chi connectivity index (χ4n) is 2.28. The van der Waals surface area contributed by atoms with Crippen LogP contribution in [0.4, 0.5) is 0 Å².